The molecule has 0 unspecified atom stereocenters. The van der Waals surface area contributed by atoms with Crippen molar-refractivity contribution in [3.63, 3.8) is 0 Å². The number of nitrogens with one attached hydrogen (secondary N) is 1. The molecule has 15 heavy (non-hydrogen) atoms. The number of hydrogen-bond donors (Lipinski definition) is 1. The molecule has 1 atom stereocenters. The first kappa shape index (κ1) is 10.1. The molecule has 1 saturated carbocycles. The van der Waals surface area contributed by atoms with Crippen LogP contribution in [0.4, 0.5) is 0 Å². The fraction of sp³-hybridized carbons (Fsp3) is 1.00. The minimum Gasteiger partial charge on any atom is -0.375 e. The molecule has 0 aromatic carbocycles. The van der Waals surface area contributed by atoms with E-state index in [9.17, 15) is 0 Å². The summed E-state index contributed by atoms with van der Waals surface area (Å²) in [4.78, 5) is 0. The molecule has 3 rings (SSSR count). The van der Waals surface area contributed by atoms with Crippen molar-refractivity contribution < 1.29 is 9.47 Å². The SMILES string of the molecule is C1CC2(CCN1)C[C@H](OCC1CC1)CO2. The Balaban J connectivity index is 1.47. The Hall–Kier alpha value is -0.120. The van der Waals surface area contributed by atoms with Gasteiger partial charge in [-0.2, -0.15) is 0 Å². The molecule has 3 heteroatoms. The van der Waals surface area contributed by atoms with Crippen LogP contribution >= 0.6 is 0 Å². The van der Waals surface area contributed by atoms with Crippen LogP contribution in [0.2, 0.25) is 0 Å². The molecule has 0 bridgehead atoms. The summed E-state index contributed by atoms with van der Waals surface area (Å²) in [7, 11) is 0. The quantitative estimate of drug-likeness (QED) is 0.764. The van der Waals surface area contributed by atoms with E-state index in [-0.39, 0.29) is 5.60 Å². The van der Waals surface area contributed by atoms with Crippen LogP contribution in [-0.4, -0.2) is 38.0 Å². The molecule has 1 spiro atoms. The van der Waals surface area contributed by atoms with Gasteiger partial charge < -0.3 is 14.8 Å². The van der Waals surface area contributed by atoms with Gasteiger partial charge in [-0.05, 0) is 44.7 Å². The van der Waals surface area contributed by atoms with Gasteiger partial charge in [-0.1, -0.05) is 0 Å². The van der Waals surface area contributed by atoms with E-state index in [1.807, 2.05) is 0 Å². The van der Waals surface area contributed by atoms with Gasteiger partial charge in [-0.25, -0.2) is 0 Å². The van der Waals surface area contributed by atoms with Gasteiger partial charge in [0.25, 0.3) is 0 Å². The lowest BCUT2D eigenvalue weighted by molar-refractivity contribution is -0.0236. The molecular formula is C12H21NO2. The predicted molar refractivity (Wildman–Crippen MR) is 57.9 cm³/mol. The van der Waals surface area contributed by atoms with E-state index in [4.69, 9.17) is 9.47 Å². The highest BCUT2D eigenvalue weighted by Crippen LogP contribution is 2.36. The van der Waals surface area contributed by atoms with Crippen LogP contribution in [0.1, 0.15) is 32.1 Å². The third-order valence-corrected chi connectivity index (χ3v) is 3.95. The Morgan fingerprint density at radius 3 is 2.80 bits per heavy atom. The zero-order valence-electron chi connectivity index (χ0n) is 9.34. The van der Waals surface area contributed by atoms with Gasteiger partial charge in [0.1, 0.15) is 0 Å². The van der Waals surface area contributed by atoms with E-state index >= 15 is 0 Å². The third-order valence-electron chi connectivity index (χ3n) is 3.95. The van der Waals surface area contributed by atoms with Crippen molar-refractivity contribution in [1.29, 1.82) is 0 Å². The van der Waals surface area contributed by atoms with Gasteiger partial charge in [0, 0.05) is 13.0 Å². The second-order valence-electron chi connectivity index (χ2n) is 5.35. The highest BCUT2D eigenvalue weighted by atomic mass is 16.6. The zero-order valence-corrected chi connectivity index (χ0v) is 9.34. The molecule has 1 N–H and O–H groups in total. The van der Waals surface area contributed by atoms with Crippen molar-refractivity contribution in [2.24, 2.45) is 5.92 Å². The monoisotopic (exact) mass is 211 g/mol. The van der Waals surface area contributed by atoms with Crippen LogP contribution in [0.15, 0.2) is 0 Å². The second-order valence-corrected chi connectivity index (χ2v) is 5.35. The molecule has 1 aliphatic carbocycles. The number of ether oxygens (including phenoxy) is 2. The minimum atomic E-state index is 0.166. The second kappa shape index (κ2) is 4.04. The van der Waals surface area contributed by atoms with Crippen molar-refractivity contribution in [3.8, 4) is 0 Å². The van der Waals surface area contributed by atoms with E-state index < -0.39 is 0 Å². The largest absolute Gasteiger partial charge is 0.375 e. The van der Waals surface area contributed by atoms with E-state index in [0.717, 1.165) is 51.5 Å². The third kappa shape index (κ3) is 2.35. The molecule has 3 fully saturated rings. The van der Waals surface area contributed by atoms with Gasteiger partial charge >= 0.3 is 0 Å². The minimum absolute atomic E-state index is 0.166. The Bertz CT molecular complexity index is 222. The van der Waals surface area contributed by atoms with Crippen LogP contribution in [-0.2, 0) is 9.47 Å². The fourth-order valence-electron chi connectivity index (χ4n) is 2.70. The summed E-state index contributed by atoms with van der Waals surface area (Å²) in [6.07, 6.45) is 6.59. The molecule has 0 aromatic rings. The molecule has 0 aromatic heterocycles. The summed E-state index contributed by atoms with van der Waals surface area (Å²) in [5.74, 6) is 0.870. The fourth-order valence-corrected chi connectivity index (χ4v) is 2.70. The van der Waals surface area contributed by atoms with Gasteiger partial charge in [0.05, 0.1) is 18.3 Å². The Labute approximate surface area is 91.5 Å². The Morgan fingerprint density at radius 1 is 1.27 bits per heavy atom. The molecule has 0 amide bonds. The molecular weight excluding hydrogens is 190 g/mol. The summed E-state index contributed by atoms with van der Waals surface area (Å²) < 4.78 is 11.9. The lowest BCUT2D eigenvalue weighted by Gasteiger charge is -2.32. The Kier molecular flexibility index (Phi) is 2.71. The van der Waals surface area contributed by atoms with Crippen molar-refractivity contribution >= 4 is 0 Å². The number of hydrogen-bond acceptors (Lipinski definition) is 3. The standard InChI is InChI=1S/C12H21NO2/c1-2-10(1)8-14-11-7-12(15-9-11)3-5-13-6-4-12/h10-11,13H,1-9H2/t11-/m0/s1. The molecule has 0 radical (unpaired) electrons. The summed E-state index contributed by atoms with van der Waals surface area (Å²) >= 11 is 0. The number of rotatable bonds is 3. The highest BCUT2D eigenvalue weighted by Gasteiger charge is 2.41. The van der Waals surface area contributed by atoms with Crippen LogP contribution in [0.3, 0.4) is 0 Å². The van der Waals surface area contributed by atoms with Gasteiger partial charge in [0.2, 0.25) is 0 Å². The maximum atomic E-state index is 5.98. The van der Waals surface area contributed by atoms with Crippen molar-refractivity contribution in [2.75, 3.05) is 26.3 Å². The predicted octanol–water partition coefficient (Wildman–Crippen LogP) is 1.32. The van der Waals surface area contributed by atoms with Crippen LogP contribution < -0.4 is 5.32 Å². The molecule has 86 valence electrons. The molecule has 2 aliphatic heterocycles. The van der Waals surface area contributed by atoms with Crippen molar-refractivity contribution in [1.82, 2.24) is 5.32 Å². The van der Waals surface area contributed by atoms with Gasteiger partial charge in [-0.15, -0.1) is 0 Å². The van der Waals surface area contributed by atoms with Crippen molar-refractivity contribution in [3.05, 3.63) is 0 Å². The van der Waals surface area contributed by atoms with Gasteiger partial charge in [-0.3, -0.25) is 0 Å². The Morgan fingerprint density at radius 2 is 2.07 bits per heavy atom. The summed E-state index contributed by atoms with van der Waals surface area (Å²) in [6.45, 7) is 4.01. The lowest BCUT2D eigenvalue weighted by atomic mass is 9.89. The topological polar surface area (TPSA) is 30.5 Å². The summed E-state index contributed by atoms with van der Waals surface area (Å²) in [5.41, 5.74) is 0.166. The highest BCUT2D eigenvalue weighted by molar-refractivity contribution is 4.93. The van der Waals surface area contributed by atoms with Crippen molar-refractivity contribution in [2.45, 2.75) is 43.8 Å². The summed E-state index contributed by atoms with van der Waals surface area (Å²) in [6, 6.07) is 0. The van der Waals surface area contributed by atoms with E-state index in [1.54, 1.807) is 0 Å². The first-order valence-electron chi connectivity index (χ1n) is 6.33. The molecule has 2 heterocycles. The maximum absolute atomic E-state index is 5.98. The normalized spacial score (nSPS) is 34.8. The average Bonchev–Trinajstić information content (AvgIpc) is 3.02. The number of piperidine rings is 1. The molecule has 2 saturated heterocycles. The van der Waals surface area contributed by atoms with E-state index in [1.165, 1.54) is 12.8 Å². The zero-order chi connectivity index (χ0) is 10.1. The maximum Gasteiger partial charge on any atom is 0.0836 e. The molecule has 3 aliphatic rings. The van der Waals surface area contributed by atoms with E-state index in [0.29, 0.717) is 6.10 Å². The van der Waals surface area contributed by atoms with E-state index in [2.05, 4.69) is 5.32 Å². The lowest BCUT2D eigenvalue weighted by Crippen LogP contribution is -2.41. The van der Waals surface area contributed by atoms with Crippen LogP contribution in [0, 0.1) is 5.92 Å². The first-order valence-corrected chi connectivity index (χ1v) is 6.33. The van der Waals surface area contributed by atoms with Crippen LogP contribution in [0.5, 0.6) is 0 Å². The average molecular weight is 211 g/mol. The summed E-state index contributed by atoms with van der Waals surface area (Å²) in [5, 5.41) is 3.39. The molecule has 3 nitrogen and oxygen atoms in total. The van der Waals surface area contributed by atoms with Gasteiger partial charge in [0.15, 0.2) is 0 Å². The smallest absolute Gasteiger partial charge is 0.0836 e. The first-order chi connectivity index (χ1) is 7.36. The van der Waals surface area contributed by atoms with Crippen LogP contribution in [0.25, 0.3) is 0 Å².